The summed E-state index contributed by atoms with van der Waals surface area (Å²) in [5.41, 5.74) is 2.93. The summed E-state index contributed by atoms with van der Waals surface area (Å²) in [5, 5.41) is 11.2. The molecule has 1 unspecified atom stereocenters. The Morgan fingerprint density at radius 2 is 1.71 bits per heavy atom. The number of pyridine rings is 1. The topological polar surface area (TPSA) is 65.3 Å². The molecule has 0 bridgehead atoms. The fourth-order valence-corrected chi connectivity index (χ4v) is 2.56. The maximum atomic E-state index is 11.2. The maximum Gasteiger partial charge on any atom is 0.406 e. The van der Waals surface area contributed by atoms with Gasteiger partial charge in [-0.2, -0.15) is 0 Å². The first-order valence-electron chi connectivity index (χ1n) is 7.53. The molecular weight excluding hydrogens is 304 g/mol. The van der Waals surface area contributed by atoms with Crippen molar-refractivity contribution in [1.29, 1.82) is 0 Å². The van der Waals surface area contributed by atoms with Crippen molar-refractivity contribution in [3.63, 3.8) is 0 Å². The summed E-state index contributed by atoms with van der Waals surface area (Å²) < 4.78 is 6.06. The van der Waals surface area contributed by atoms with Crippen molar-refractivity contribution in [3.8, 4) is 5.75 Å². The van der Waals surface area contributed by atoms with Crippen LogP contribution in [0.3, 0.4) is 0 Å². The van der Waals surface area contributed by atoms with Gasteiger partial charge in [0.1, 0.15) is 12.3 Å². The second-order valence-corrected chi connectivity index (χ2v) is 5.35. The molecule has 3 aromatic rings. The number of aromatic nitrogens is 1. The first-order valence-corrected chi connectivity index (χ1v) is 7.53. The van der Waals surface area contributed by atoms with Crippen LogP contribution in [0.5, 0.6) is 5.75 Å². The van der Waals surface area contributed by atoms with Crippen LogP contribution in [0, 0.1) is 17.0 Å². The van der Waals surface area contributed by atoms with Crippen LogP contribution in [-0.4, -0.2) is 9.91 Å². The van der Waals surface area contributed by atoms with Gasteiger partial charge in [-0.05, 0) is 45.7 Å². The zero-order chi connectivity index (χ0) is 16.9. The van der Waals surface area contributed by atoms with Gasteiger partial charge < -0.3 is 14.9 Å². The third-order valence-corrected chi connectivity index (χ3v) is 3.74. The van der Waals surface area contributed by atoms with Crippen molar-refractivity contribution in [3.05, 3.63) is 99.7 Å². The number of nitro groups is 1. The minimum atomic E-state index is -0.533. The van der Waals surface area contributed by atoms with Gasteiger partial charge >= 0.3 is 5.82 Å². The largest absolute Gasteiger partial charge is 0.473 e. The van der Waals surface area contributed by atoms with Gasteiger partial charge in [-0.3, -0.25) is 0 Å². The van der Waals surface area contributed by atoms with Crippen molar-refractivity contribution >= 4 is 5.82 Å². The second kappa shape index (κ2) is 6.91. The van der Waals surface area contributed by atoms with E-state index in [-0.39, 0.29) is 11.6 Å². The molecule has 0 saturated heterocycles. The van der Waals surface area contributed by atoms with E-state index >= 15 is 0 Å². The third-order valence-electron chi connectivity index (χ3n) is 3.74. The predicted octanol–water partition coefficient (Wildman–Crippen LogP) is 4.47. The zero-order valence-electron chi connectivity index (χ0n) is 13.1. The average molecular weight is 320 g/mol. The molecule has 0 saturated carbocycles. The highest BCUT2D eigenvalue weighted by atomic mass is 16.6. The highest BCUT2D eigenvalue weighted by Gasteiger charge is 2.23. The van der Waals surface area contributed by atoms with Crippen LogP contribution in [0.25, 0.3) is 0 Å². The smallest absolute Gasteiger partial charge is 0.406 e. The van der Waals surface area contributed by atoms with Crippen LogP contribution in [0.1, 0.15) is 22.8 Å². The Morgan fingerprint density at radius 1 is 1.00 bits per heavy atom. The molecule has 0 aliphatic carbocycles. The van der Waals surface area contributed by atoms with Gasteiger partial charge in [-0.25, -0.2) is 0 Å². The molecule has 0 radical (unpaired) electrons. The SMILES string of the molecule is Cc1ccccc1C(Oc1cccnc1[N+](=O)[O-])c1ccccc1. The summed E-state index contributed by atoms with van der Waals surface area (Å²) in [6, 6.07) is 20.7. The Labute approximate surface area is 139 Å². The Bertz CT molecular complexity index is 850. The lowest BCUT2D eigenvalue weighted by atomic mass is 9.97. The third kappa shape index (κ3) is 3.25. The molecule has 5 nitrogen and oxygen atoms in total. The van der Waals surface area contributed by atoms with Crippen LogP contribution in [0.4, 0.5) is 5.82 Å². The van der Waals surface area contributed by atoms with Crippen LogP contribution in [0.2, 0.25) is 0 Å². The van der Waals surface area contributed by atoms with Gasteiger partial charge in [-0.1, -0.05) is 54.6 Å². The van der Waals surface area contributed by atoms with E-state index < -0.39 is 11.0 Å². The molecule has 0 spiro atoms. The molecule has 0 amide bonds. The summed E-state index contributed by atoms with van der Waals surface area (Å²) in [6.07, 6.45) is 0.936. The number of nitrogens with zero attached hydrogens (tertiary/aromatic N) is 2. The summed E-state index contributed by atoms with van der Waals surface area (Å²) in [6.45, 7) is 1.99. The fraction of sp³-hybridized carbons (Fsp3) is 0.105. The zero-order valence-corrected chi connectivity index (χ0v) is 13.1. The number of hydrogen-bond donors (Lipinski definition) is 0. The lowest BCUT2D eigenvalue weighted by Gasteiger charge is -2.21. The van der Waals surface area contributed by atoms with Crippen molar-refractivity contribution in [2.45, 2.75) is 13.0 Å². The molecule has 0 fully saturated rings. The quantitative estimate of drug-likeness (QED) is 0.514. The average Bonchev–Trinajstić information content (AvgIpc) is 2.61. The summed E-state index contributed by atoms with van der Waals surface area (Å²) in [5.74, 6) is -0.133. The van der Waals surface area contributed by atoms with E-state index in [0.717, 1.165) is 16.7 Å². The molecule has 0 aliphatic heterocycles. The minimum Gasteiger partial charge on any atom is -0.473 e. The lowest BCUT2D eigenvalue weighted by molar-refractivity contribution is -0.390. The predicted molar refractivity (Wildman–Crippen MR) is 91.0 cm³/mol. The lowest BCUT2D eigenvalue weighted by Crippen LogP contribution is -2.12. The standard InChI is InChI=1S/C19H16N2O3/c1-14-8-5-6-11-16(14)18(15-9-3-2-4-10-15)24-17-12-7-13-20-19(17)21(22)23/h2-13,18H,1H3. The van der Waals surface area contributed by atoms with Gasteiger partial charge in [0.25, 0.3) is 0 Å². The second-order valence-electron chi connectivity index (χ2n) is 5.35. The number of aryl methyl sites for hydroxylation is 1. The number of hydrogen-bond acceptors (Lipinski definition) is 4. The summed E-state index contributed by atoms with van der Waals surface area (Å²) >= 11 is 0. The maximum absolute atomic E-state index is 11.2. The van der Waals surface area contributed by atoms with E-state index in [1.54, 1.807) is 12.1 Å². The normalized spacial score (nSPS) is 11.7. The van der Waals surface area contributed by atoms with Crippen LogP contribution >= 0.6 is 0 Å². The van der Waals surface area contributed by atoms with E-state index in [4.69, 9.17) is 4.74 Å². The van der Waals surface area contributed by atoms with E-state index in [2.05, 4.69) is 4.98 Å². The molecule has 24 heavy (non-hydrogen) atoms. The molecule has 120 valence electrons. The monoisotopic (exact) mass is 320 g/mol. The Morgan fingerprint density at radius 3 is 2.42 bits per heavy atom. The fourth-order valence-electron chi connectivity index (χ4n) is 2.56. The van der Waals surface area contributed by atoms with Crippen LogP contribution < -0.4 is 4.74 Å². The summed E-state index contributed by atoms with van der Waals surface area (Å²) in [4.78, 5) is 14.5. The molecule has 5 heteroatoms. The highest BCUT2D eigenvalue weighted by Crippen LogP contribution is 2.33. The van der Waals surface area contributed by atoms with Crippen molar-refractivity contribution in [2.24, 2.45) is 0 Å². The van der Waals surface area contributed by atoms with Crippen molar-refractivity contribution < 1.29 is 9.66 Å². The molecular formula is C19H16N2O3. The minimum absolute atomic E-state index is 0.152. The molecule has 1 heterocycles. The van der Waals surface area contributed by atoms with E-state index in [9.17, 15) is 10.1 Å². The van der Waals surface area contributed by atoms with Crippen LogP contribution in [-0.2, 0) is 0 Å². The highest BCUT2D eigenvalue weighted by molar-refractivity contribution is 5.42. The number of ether oxygens (including phenoxy) is 1. The van der Waals surface area contributed by atoms with Gasteiger partial charge in [-0.15, -0.1) is 0 Å². The van der Waals surface area contributed by atoms with Gasteiger partial charge in [0.05, 0.1) is 0 Å². The Hall–Kier alpha value is -3.21. The Balaban J connectivity index is 2.07. The van der Waals surface area contributed by atoms with E-state index in [0.29, 0.717) is 0 Å². The van der Waals surface area contributed by atoms with Crippen molar-refractivity contribution in [2.75, 3.05) is 0 Å². The van der Waals surface area contributed by atoms with Crippen molar-refractivity contribution in [1.82, 2.24) is 4.98 Å². The molecule has 1 atom stereocenters. The van der Waals surface area contributed by atoms with Gasteiger partial charge in [0.2, 0.25) is 5.75 Å². The first kappa shape index (κ1) is 15.7. The number of rotatable bonds is 5. The molecule has 2 aromatic carbocycles. The Kier molecular flexibility index (Phi) is 4.52. The molecule has 1 aromatic heterocycles. The van der Waals surface area contributed by atoms with Gasteiger partial charge in [0.15, 0.2) is 0 Å². The molecule has 0 aliphatic rings. The summed E-state index contributed by atoms with van der Waals surface area (Å²) in [7, 11) is 0. The van der Waals surface area contributed by atoms with Gasteiger partial charge in [0, 0.05) is 0 Å². The van der Waals surface area contributed by atoms with Crippen LogP contribution in [0.15, 0.2) is 72.9 Å². The molecule has 3 rings (SSSR count). The van der Waals surface area contributed by atoms with E-state index in [1.807, 2.05) is 61.5 Å². The van der Waals surface area contributed by atoms with E-state index in [1.165, 1.54) is 6.20 Å². The molecule has 0 N–H and O–H groups in total. The first-order chi connectivity index (χ1) is 11.7. The number of benzene rings is 2.